The summed E-state index contributed by atoms with van der Waals surface area (Å²) in [6.45, 7) is 5.68. The summed E-state index contributed by atoms with van der Waals surface area (Å²) in [6.07, 6.45) is 3.76. The Bertz CT molecular complexity index is 1380. The second kappa shape index (κ2) is 13.4. The van der Waals surface area contributed by atoms with Gasteiger partial charge in [0.25, 0.3) is 5.91 Å². The number of unbranched alkanes of at least 4 members (excludes halogenated alkanes) is 1. The lowest BCUT2D eigenvalue weighted by atomic mass is 10.00. The molecule has 0 aliphatic rings. The highest BCUT2D eigenvalue weighted by atomic mass is 19.1. The molecule has 0 radical (unpaired) electrons. The number of carbonyl (C=O) groups is 1. The van der Waals surface area contributed by atoms with Crippen LogP contribution in [0.4, 0.5) is 8.78 Å². The van der Waals surface area contributed by atoms with E-state index in [1.807, 2.05) is 22.9 Å². The molecule has 0 fully saturated rings. The molecule has 0 spiro atoms. The molecule has 2 atom stereocenters. The fourth-order valence-electron chi connectivity index (χ4n) is 4.68. The van der Waals surface area contributed by atoms with Gasteiger partial charge in [-0.2, -0.15) is 5.10 Å². The number of aliphatic hydroxyl groups is 1. The maximum absolute atomic E-state index is 13.9. The molecule has 1 amide bonds. The number of halogens is 2. The number of nitrogens with zero attached hydrogens (tertiary/aromatic N) is 2. The van der Waals surface area contributed by atoms with Crippen molar-refractivity contribution in [1.29, 1.82) is 0 Å². The topological polar surface area (TPSA) is 79.2 Å². The highest BCUT2D eigenvalue weighted by molar-refractivity contribution is 5.98. The molecule has 0 saturated carbocycles. The number of hydrogen-bond donors (Lipinski definition) is 3. The summed E-state index contributed by atoms with van der Waals surface area (Å²) in [6, 6.07) is 16.0. The summed E-state index contributed by atoms with van der Waals surface area (Å²) < 4.78 is 29.7. The molecular formula is C31H36F2N4O2. The van der Waals surface area contributed by atoms with Crippen LogP contribution in [0.15, 0.2) is 66.9 Å². The van der Waals surface area contributed by atoms with Gasteiger partial charge in [0.2, 0.25) is 0 Å². The van der Waals surface area contributed by atoms with Gasteiger partial charge in [-0.05, 0) is 60.2 Å². The maximum atomic E-state index is 13.9. The lowest BCUT2D eigenvalue weighted by Crippen LogP contribution is -2.48. The Morgan fingerprint density at radius 1 is 1.00 bits per heavy atom. The van der Waals surface area contributed by atoms with E-state index in [0.29, 0.717) is 17.7 Å². The highest BCUT2D eigenvalue weighted by Gasteiger charge is 2.23. The molecule has 3 aromatic carbocycles. The summed E-state index contributed by atoms with van der Waals surface area (Å²) in [5.74, 6) is -1.79. The number of benzene rings is 3. The van der Waals surface area contributed by atoms with E-state index in [0.717, 1.165) is 48.3 Å². The van der Waals surface area contributed by atoms with Crippen LogP contribution < -0.4 is 10.6 Å². The van der Waals surface area contributed by atoms with E-state index >= 15 is 0 Å². The van der Waals surface area contributed by atoms with Crippen molar-refractivity contribution in [1.82, 2.24) is 20.4 Å². The summed E-state index contributed by atoms with van der Waals surface area (Å²) >= 11 is 0. The molecule has 0 aliphatic carbocycles. The van der Waals surface area contributed by atoms with Crippen LogP contribution in [0.25, 0.3) is 10.9 Å². The minimum absolute atomic E-state index is 0.0608. The molecule has 39 heavy (non-hydrogen) atoms. The van der Waals surface area contributed by atoms with Crippen molar-refractivity contribution in [3.63, 3.8) is 0 Å². The fraction of sp³-hybridized carbons (Fsp3) is 0.355. The first-order chi connectivity index (χ1) is 18.9. The zero-order valence-corrected chi connectivity index (χ0v) is 22.5. The summed E-state index contributed by atoms with van der Waals surface area (Å²) in [5, 5.41) is 22.6. The van der Waals surface area contributed by atoms with Gasteiger partial charge in [-0.25, -0.2) is 8.78 Å². The van der Waals surface area contributed by atoms with Crippen molar-refractivity contribution in [2.24, 2.45) is 0 Å². The maximum Gasteiger partial charge on any atom is 0.251 e. The van der Waals surface area contributed by atoms with E-state index in [2.05, 4.69) is 41.7 Å². The van der Waals surface area contributed by atoms with E-state index in [9.17, 15) is 18.7 Å². The SMILES string of the molecule is CCCCn1ncc2ccc(C(=O)N[C@@H](Cc3cc(F)cc(F)c3)[C@@H](O)CNCc3cccc(CC)c3)cc21. The molecule has 6 nitrogen and oxygen atoms in total. The number of fused-ring (bicyclic) bond motifs is 1. The quantitative estimate of drug-likeness (QED) is 0.221. The van der Waals surface area contributed by atoms with Crippen molar-refractivity contribution in [3.8, 4) is 0 Å². The Labute approximate surface area is 228 Å². The molecule has 1 heterocycles. The van der Waals surface area contributed by atoms with Gasteiger partial charge < -0.3 is 15.7 Å². The van der Waals surface area contributed by atoms with Gasteiger partial charge in [0, 0.05) is 36.7 Å². The predicted molar refractivity (Wildman–Crippen MR) is 149 cm³/mol. The molecule has 1 aromatic heterocycles. The Kier molecular flexibility index (Phi) is 9.79. The van der Waals surface area contributed by atoms with Gasteiger partial charge in [-0.1, -0.05) is 50.6 Å². The van der Waals surface area contributed by atoms with E-state index < -0.39 is 23.8 Å². The van der Waals surface area contributed by atoms with Crippen LogP contribution in [0.3, 0.4) is 0 Å². The molecule has 4 aromatic rings. The van der Waals surface area contributed by atoms with E-state index in [4.69, 9.17) is 0 Å². The smallest absolute Gasteiger partial charge is 0.251 e. The zero-order valence-electron chi connectivity index (χ0n) is 22.5. The number of carbonyl (C=O) groups excluding carboxylic acids is 1. The zero-order chi connectivity index (χ0) is 27.8. The van der Waals surface area contributed by atoms with Crippen LogP contribution in [0.5, 0.6) is 0 Å². The molecule has 0 unspecified atom stereocenters. The summed E-state index contributed by atoms with van der Waals surface area (Å²) in [4.78, 5) is 13.3. The standard InChI is InChI=1S/C31H36F2N4O2/c1-3-5-11-37-29-16-24(9-10-25(29)19-35-37)31(39)36-28(15-23-13-26(32)17-27(33)14-23)30(38)20-34-18-22-8-6-7-21(4-2)12-22/h6-10,12-14,16-17,19,28,30,34,38H,3-5,11,15,18,20H2,1-2H3,(H,36,39)/t28-,30-/m0/s1. The van der Waals surface area contributed by atoms with Crippen molar-refractivity contribution < 1.29 is 18.7 Å². The van der Waals surface area contributed by atoms with Crippen molar-refractivity contribution >= 4 is 16.8 Å². The van der Waals surface area contributed by atoms with Crippen LogP contribution in [-0.2, 0) is 25.9 Å². The average Bonchev–Trinajstić information content (AvgIpc) is 3.33. The predicted octanol–water partition coefficient (Wildman–Crippen LogP) is 5.17. The van der Waals surface area contributed by atoms with Crippen LogP contribution in [0.1, 0.15) is 53.7 Å². The first-order valence-electron chi connectivity index (χ1n) is 13.5. The number of amides is 1. The van der Waals surface area contributed by atoms with Gasteiger partial charge >= 0.3 is 0 Å². The molecule has 4 rings (SSSR count). The third-order valence-electron chi connectivity index (χ3n) is 6.87. The van der Waals surface area contributed by atoms with Crippen LogP contribution in [0.2, 0.25) is 0 Å². The number of hydrogen-bond acceptors (Lipinski definition) is 4. The van der Waals surface area contributed by atoms with E-state index in [1.54, 1.807) is 18.3 Å². The molecule has 0 bridgehead atoms. The lowest BCUT2D eigenvalue weighted by molar-refractivity contribution is 0.0830. The minimum atomic E-state index is -1.01. The third-order valence-corrected chi connectivity index (χ3v) is 6.87. The number of aromatic nitrogens is 2. The van der Waals surface area contributed by atoms with Gasteiger partial charge in [0.15, 0.2) is 0 Å². The Hall–Kier alpha value is -3.62. The lowest BCUT2D eigenvalue weighted by Gasteiger charge is -2.25. The largest absolute Gasteiger partial charge is 0.390 e. The van der Waals surface area contributed by atoms with Gasteiger partial charge in [0.1, 0.15) is 11.6 Å². The van der Waals surface area contributed by atoms with Crippen LogP contribution in [-0.4, -0.2) is 39.5 Å². The van der Waals surface area contributed by atoms with E-state index in [1.165, 1.54) is 17.7 Å². The van der Waals surface area contributed by atoms with E-state index in [-0.39, 0.29) is 18.9 Å². The summed E-state index contributed by atoms with van der Waals surface area (Å²) in [7, 11) is 0. The molecule has 0 saturated heterocycles. The molecule has 0 aliphatic heterocycles. The highest BCUT2D eigenvalue weighted by Crippen LogP contribution is 2.18. The fourth-order valence-corrected chi connectivity index (χ4v) is 4.68. The molecule has 206 valence electrons. The monoisotopic (exact) mass is 534 g/mol. The third kappa shape index (κ3) is 7.71. The number of aryl methyl sites for hydroxylation is 2. The Morgan fingerprint density at radius 2 is 1.77 bits per heavy atom. The van der Waals surface area contributed by atoms with Gasteiger partial charge in [-0.15, -0.1) is 0 Å². The summed E-state index contributed by atoms with van der Waals surface area (Å²) in [5.41, 5.74) is 3.94. The number of aliphatic hydroxyl groups excluding tert-OH is 1. The average molecular weight is 535 g/mol. The number of nitrogens with one attached hydrogen (secondary N) is 2. The Morgan fingerprint density at radius 3 is 2.51 bits per heavy atom. The minimum Gasteiger partial charge on any atom is -0.390 e. The second-order valence-corrected chi connectivity index (χ2v) is 9.93. The molecule has 8 heteroatoms. The molecular weight excluding hydrogens is 498 g/mol. The number of rotatable bonds is 13. The van der Waals surface area contributed by atoms with Crippen LogP contribution in [0, 0.1) is 11.6 Å². The van der Waals surface area contributed by atoms with Gasteiger partial charge in [-0.3, -0.25) is 9.48 Å². The second-order valence-electron chi connectivity index (χ2n) is 9.93. The van der Waals surface area contributed by atoms with Crippen molar-refractivity contribution in [3.05, 3.63) is 101 Å². The normalized spacial score (nSPS) is 12.9. The van der Waals surface area contributed by atoms with Crippen molar-refractivity contribution in [2.75, 3.05) is 6.54 Å². The van der Waals surface area contributed by atoms with Crippen LogP contribution >= 0.6 is 0 Å². The van der Waals surface area contributed by atoms with Crippen molar-refractivity contribution in [2.45, 2.75) is 64.8 Å². The first-order valence-corrected chi connectivity index (χ1v) is 13.5. The Balaban J connectivity index is 1.50. The first kappa shape index (κ1) is 28.4. The molecule has 3 N–H and O–H groups in total. The van der Waals surface area contributed by atoms with Gasteiger partial charge in [0.05, 0.1) is 23.9 Å².